The molecule has 1 aromatic heterocycles. The number of para-hydroxylation sites is 1. The number of esters is 1. The summed E-state index contributed by atoms with van der Waals surface area (Å²) in [4.78, 5) is 42.2. The van der Waals surface area contributed by atoms with Gasteiger partial charge in [0.2, 0.25) is 10.0 Å². The molecule has 11 nitrogen and oxygen atoms in total. The molecule has 1 atom stereocenters. The third kappa shape index (κ3) is 7.10. The molecule has 1 fully saturated rings. The number of aromatic nitrogens is 1. The largest absolute Gasteiger partial charge is 0.467 e. The van der Waals surface area contributed by atoms with Crippen molar-refractivity contribution in [1.82, 2.24) is 19.1 Å². The summed E-state index contributed by atoms with van der Waals surface area (Å²) < 4.78 is 32.4. The fourth-order valence-electron chi connectivity index (χ4n) is 5.78. The molecule has 3 aromatic rings. The number of nitrogens with one attached hydrogen (secondary N) is 2. The summed E-state index contributed by atoms with van der Waals surface area (Å²) in [5.41, 5.74) is 3.24. The van der Waals surface area contributed by atoms with Gasteiger partial charge in [0.05, 0.1) is 18.4 Å². The molecule has 2 aromatic carbocycles. The fourth-order valence-corrected chi connectivity index (χ4v) is 10.2. The van der Waals surface area contributed by atoms with Crippen molar-refractivity contribution in [1.29, 1.82) is 0 Å². The van der Waals surface area contributed by atoms with Crippen LogP contribution in [0.15, 0.2) is 54.7 Å². The van der Waals surface area contributed by atoms with E-state index in [1.165, 1.54) is 11.1 Å². The van der Waals surface area contributed by atoms with Gasteiger partial charge in [-0.1, -0.05) is 43.9 Å². The molecule has 0 aliphatic carbocycles. The first-order chi connectivity index (χ1) is 20.8. The van der Waals surface area contributed by atoms with E-state index in [1.807, 2.05) is 35.2 Å². The van der Waals surface area contributed by atoms with Gasteiger partial charge in [-0.3, -0.25) is 0 Å². The molecule has 2 N–H and O–H groups in total. The molecule has 13 heteroatoms. The lowest BCUT2D eigenvalue weighted by molar-refractivity contribution is -0.142. The van der Waals surface area contributed by atoms with Crippen LogP contribution >= 0.6 is 0 Å². The lowest BCUT2D eigenvalue weighted by atomic mass is 10.0. The highest BCUT2D eigenvalue weighted by molar-refractivity contribution is 7.90. The molecule has 236 valence electrons. The van der Waals surface area contributed by atoms with Crippen LogP contribution in [0.25, 0.3) is 10.9 Å². The Morgan fingerprint density at radius 3 is 2.52 bits per heavy atom. The molecule has 0 bridgehead atoms. The summed E-state index contributed by atoms with van der Waals surface area (Å²) in [6, 6.07) is 14.1. The quantitative estimate of drug-likeness (QED) is 0.263. The Labute approximate surface area is 259 Å². The van der Waals surface area contributed by atoms with Gasteiger partial charge in [-0.15, -0.1) is 0 Å². The highest BCUT2D eigenvalue weighted by Crippen LogP contribution is 2.28. The molecule has 1 saturated heterocycles. The SMILES string of the molecule is COC(=O)C(Cc1ccc2c(ccn2S(=O)(=O)CC[Si](C)(C)C)c1)NC(=O)N1CCC(N2Cc3ccccc3NC2=O)CC1. The van der Waals surface area contributed by atoms with E-state index in [0.29, 0.717) is 44.0 Å². The zero-order valence-corrected chi connectivity index (χ0v) is 27.5. The average molecular weight is 640 g/mol. The molecule has 0 radical (unpaired) electrons. The van der Waals surface area contributed by atoms with Crippen molar-refractivity contribution in [2.24, 2.45) is 0 Å². The van der Waals surface area contributed by atoms with Gasteiger partial charge in [0.1, 0.15) is 6.04 Å². The Hall–Kier alpha value is -3.84. The number of urea groups is 2. The van der Waals surface area contributed by atoms with Gasteiger partial charge in [0, 0.05) is 57.4 Å². The van der Waals surface area contributed by atoms with Gasteiger partial charge in [0.15, 0.2) is 0 Å². The second kappa shape index (κ2) is 12.6. The monoisotopic (exact) mass is 639 g/mol. The van der Waals surface area contributed by atoms with Crippen LogP contribution in [0.4, 0.5) is 15.3 Å². The number of anilines is 1. The molecule has 5 rings (SSSR count). The molecule has 44 heavy (non-hydrogen) atoms. The maximum Gasteiger partial charge on any atom is 0.328 e. The first-order valence-corrected chi connectivity index (χ1v) is 20.3. The van der Waals surface area contributed by atoms with E-state index in [0.717, 1.165) is 22.2 Å². The second-order valence-electron chi connectivity index (χ2n) is 12.8. The van der Waals surface area contributed by atoms with E-state index >= 15 is 0 Å². The molecule has 0 saturated carbocycles. The topological polar surface area (TPSA) is 130 Å². The Morgan fingerprint density at radius 1 is 1.09 bits per heavy atom. The number of nitrogens with zero attached hydrogens (tertiary/aromatic N) is 3. The van der Waals surface area contributed by atoms with E-state index in [4.69, 9.17) is 4.74 Å². The van der Waals surface area contributed by atoms with Crippen molar-refractivity contribution in [2.75, 3.05) is 31.3 Å². The molecular weight excluding hydrogens is 599 g/mol. The maximum atomic E-state index is 13.2. The number of methoxy groups -OCH3 is 1. The zero-order chi connectivity index (χ0) is 31.6. The summed E-state index contributed by atoms with van der Waals surface area (Å²) in [5, 5.41) is 6.52. The number of carbonyl (C=O) groups is 3. The van der Waals surface area contributed by atoms with Crippen LogP contribution in [0, 0.1) is 0 Å². The number of rotatable bonds is 9. The van der Waals surface area contributed by atoms with E-state index in [1.54, 1.807) is 29.3 Å². The number of benzene rings is 2. The van der Waals surface area contributed by atoms with Crippen molar-refractivity contribution < 1.29 is 27.5 Å². The lowest BCUT2D eigenvalue weighted by Crippen LogP contribution is -2.54. The second-order valence-corrected chi connectivity index (χ2v) is 20.4. The van der Waals surface area contributed by atoms with Crippen LogP contribution in [-0.4, -0.2) is 86.3 Å². The van der Waals surface area contributed by atoms with Crippen LogP contribution in [0.2, 0.25) is 25.7 Å². The number of fused-ring (bicyclic) bond motifs is 2. The van der Waals surface area contributed by atoms with Crippen molar-refractivity contribution in [3.05, 3.63) is 65.9 Å². The Balaban J connectivity index is 1.21. The van der Waals surface area contributed by atoms with Crippen LogP contribution in [0.5, 0.6) is 0 Å². The van der Waals surface area contributed by atoms with E-state index in [2.05, 4.69) is 30.3 Å². The predicted octanol–water partition coefficient (Wildman–Crippen LogP) is 4.46. The van der Waals surface area contributed by atoms with Gasteiger partial charge in [-0.2, -0.15) is 0 Å². The minimum atomic E-state index is -3.50. The number of hydrogen-bond donors (Lipinski definition) is 2. The van der Waals surface area contributed by atoms with E-state index in [-0.39, 0.29) is 30.3 Å². The molecule has 1 unspecified atom stereocenters. The Morgan fingerprint density at radius 2 is 1.82 bits per heavy atom. The van der Waals surface area contributed by atoms with Gasteiger partial charge in [0.25, 0.3) is 0 Å². The summed E-state index contributed by atoms with van der Waals surface area (Å²) >= 11 is 0. The van der Waals surface area contributed by atoms with Gasteiger partial charge < -0.3 is 25.2 Å². The summed E-state index contributed by atoms with van der Waals surface area (Å²) in [6.45, 7) is 7.87. The van der Waals surface area contributed by atoms with E-state index < -0.39 is 30.1 Å². The van der Waals surface area contributed by atoms with Gasteiger partial charge >= 0.3 is 18.0 Å². The summed E-state index contributed by atoms with van der Waals surface area (Å²) in [5.74, 6) is -0.468. The van der Waals surface area contributed by atoms with Crippen LogP contribution in [0.1, 0.15) is 24.0 Å². The molecular formula is C31H41N5O6SSi. The number of amides is 4. The number of hydrogen-bond acceptors (Lipinski definition) is 6. The van der Waals surface area contributed by atoms with Crippen molar-refractivity contribution >= 4 is 52.7 Å². The summed E-state index contributed by atoms with van der Waals surface area (Å²) in [7, 11) is -3.75. The van der Waals surface area contributed by atoms with Crippen molar-refractivity contribution in [2.45, 2.75) is 63.6 Å². The maximum absolute atomic E-state index is 13.2. The number of piperidine rings is 1. The third-order valence-electron chi connectivity index (χ3n) is 8.40. The molecule has 3 heterocycles. The fraction of sp³-hybridized carbons (Fsp3) is 0.452. The van der Waals surface area contributed by atoms with Crippen molar-refractivity contribution in [3.63, 3.8) is 0 Å². The number of ether oxygens (including phenoxy) is 1. The first kappa shape index (κ1) is 31.6. The van der Waals surface area contributed by atoms with Crippen LogP contribution in [-0.2, 0) is 32.5 Å². The standard InChI is InChI=1S/C31H41N5O6SSi/c1-42-29(37)27(20-22-9-10-28-23(19-22)11-16-36(28)43(40,41)17-18-44(2,3)4)33-30(38)34-14-12-25(13-15-34)35-21-24-7-5-6-8-26(24)32-31(35)39/h5-11,16,19,25,27H,12-15,17-18,20-21H2,1-4H3,(H,32,39)(H,33,38). The third-order valence-corrected chi connectivity index (χ3v) is 12.2. The highest BCUT2D eigenvalue weighted by Gasteiger charge is 2.34. The lowest BCUT2D eigenvalue weighted by Gasteiger charge is -2.40. The number of likely N-dealkylation sites (tertiary alicyclic amines) is 1. The average Bonchev–Trinajstić information content (AvgIpc) is 3.43. The molecule has 2 aliphatic rings. The molecule has 0 spiro atoms. The predicted molar refractivity (Wildman–Crippen MR) is 173 cm³/mol. The summed E-state index contributed by atoms with van der Waals surface area (Å²) in [6.07, 6.45) is 3.01. The van der Waals surface area contributed by atoms with Crippen molar-refractivity contribution in [3.8, 4) is 0 Å². The van der Waals surface area contributed by atoms with E-state index in [9.17, 15) is 22.8 Å². The first-order valence-electron chi connectivity index (χ1n) is 15.0. The molecule has 4 amide bonds. The minimum absolute atomic E-state index is 0.00203. The Kier molecular flexibility index (Phi) is 9.07. The Bertz CT molecular complexity index is 1660. The minimum Gasteiger partial charge on any atom is -0.467 e. The van der Waals surface area contributed by atoms with Gasteiger partial charge in [-0.25, -0.2) is 26.8 Å². The smallest absolute Gasteiger partial charge is 0.328 e. The number of carbonyl (C=O) groups excluding carboxylic acids is 3. The molecule has 2 aliphatic heterocycles. The van der Waals surface area contributed by atoms with Gasteiger partial charge in [-0.05, 0) is 54.3 Å². The highest BCUT2D eigenvalue weighted by atomic mass is 32.2. The normalized spacial score (nSPS) is 16.8. The van der Waals surface area contributed by atoms with Crippen LogP contribution in [0.3, 0.4) is 0 Å². The zero-order valence-electron chi connectivity index (χ0n) is 25.7. The van der Waals surface area contributed by atoms with Crippen LogP contribution < -0.4 is 10.6 Å².